The number of hydrogen-bond acceptors (Lipinski definition) is 4. The van der Waals surface area contributed by atoms with Crippen LogP contribution in [0.4, 0.5) is 0 Å². The Morgan fingerprint density at radius 1 is 1.03 bits per heavy atom. The maximum atomic E-state index is 12.6. The molecule has 152 valence electrons. The van der Waals surface area contributed by atoms with Gasteiger partial charge in [0.15, 0.2) is 5.69 Å². The fraction of sp³-hybridized carbons (Fsp3) is 0.130. The largest absolute Gasteiger partial charge is 0.343 e. The van der Waals surface area contributed by atoms with Crippen molar-refractivity contribution < 1.29 is 4.79 Å². The van der Waals surface area contributed by atoms with E-state index < -0.39 is 0 Å². The van der Waals surface area contributed by atoms with E-state index in [0.717, 1.165) is 21.1 Å². The molecular formula is C23H20ClN3OS2. The van der Waals surface area contributed by atoms with E-state index in [2.05, 4.69) is 47.8 Å². The molecule has 30 heavy (non-hydrogen) atoms. The quantitative estimate of drug-likeness (QED) is 0.330. The number of para-hydroxylation sites is 1. The summed E-state index contributed by atoms with van der Waals surface area (Å²) in [7, 11) is 3.44. The van der Waals surface area contributed by atoms with Gasteiger partial charge in [0.2, 0.25) is 0 Å². The van der Waals surface area contributed by atoms with Gasteiger partial charge in [-0.05, 0) is 54.3 Å². The topological polar surface area (TPSA) is 38.1 Å². The van der Waals surface area contributed by atoms with Gasteiger partial charge in [-0.3, -0.25) is 4.79 Å². The Morgan fingerprint density at radius 2 is 1.80 bits per heavy atom. The van der Waals surface area contributed by atoms with E-state index in [1.165, 1.54) is 15.4 Å². The molecule has 4 rings (SSSR count). The van der Waals surface area contributed by atoms with Gasteiger partial charge in [0.05, 0.1) is 21.3 Å². The third kappa shape index (κ3) is 4.03. The van der Waals surface area contributed by atoms with Gasteiger partial charge in [0.1, 0.15) is 0 Å². The molecule has 7 heteroatoms. The highest BCUT2D eigenvalue weighted by Crippen LogP contribution is 2.37. The summed E-state index contributed by atoms with van der Waals surface area (Å²) in [5.41, 5.74) is 3.14. The highest BCUT2D eigenvalue weighted by atomic mass is 35.5. The molecule has 2 aromatic carbocycles. The number of carbonyl (C=O) groups excluding carboxylic acids is 1. The number of thioether (sulfide) groups is 1. The van der Waals surface area contributed by atoms with E-state index >= 15 is 0 Å². The Bertz CT molecular complexity index is 1210. The minimum Gasteiger partial charge on any atom is -0.343 e. The van der Waals surface area contributed by atoms with Gasteiger partial charge in [-0.1, -0.05) is 35.9 Å². The Balaban J connectivity index is 1.83. The fourth-order valence-electron chi connectivity index (χ4n) is 3.10. The van der Waals surface area contributed by atoms with E-state index in [1.54, 1.807) is 41.9 Å². The molecule has 0 radical (unpaired) electrons. The zero-order valence-corrected chi connectivity index (χ0v) is 19.2. The van der Waals surface area contributed by atoms with Crippen LogP contribution in [-0.2, 0) is 0 Å². The van der Waals surface area contributed by atoms with Crippen LogP contribution in [0.25, 0.3) is 26.7 Å². The molecule has 1 amide bonds. The summed E-state index contributed by atoms with van der Waals surface area (Å²) >= 11 is 9.84. The van der Waals surface area contributed by atoms with Gasteiger partial charge in [-0.15, -0.1) is 23.1 Å². The Hall–Kier alpha value is -2.54. The number of thiophene rings is 1. The highest BCUT2D eigenvalue weighted by molar-refractivity contribution is 7.98. The van der Waals surface area contributed by atoms with Crippen LogP contribution < -0.4 is 0 Å². The van der Waals surface area contributed by atoms with Gasteiger partial charge < -0.3 is 4.90 Å². The summed E-state index contributed by atoms with van der Waals surface area (Å²) in [6.07, 6.45) is 2.07. The van der Waals surface area contributed by atoms with Crippen molar-refractivity contribution in [1.29, 1.82) is 0 Å². The first-order chi connectivity index (χ1) is 14.5. The minimum atomic E-state index is -0.147. The number of amides is 1. The molecular weight excluding hydrogens is 434 g/mol. The molecule has 0 bridgehead atoms. The maximum Gasteiger partial charge on any atom is 0.273 e. The van der Waals surface area contributed by atoms with Crippen molar-refractivity contribution in [1.82, 2.24) is 14.7 Å². The van der Waals surface area contributed by atoms with Crippen LogP contribution in [0.1, 0.15) is 10.5 Å². The third-order valence-electron chi connectivity index (χ3n) is 4.63. The van der Waals surface area contributed by atoms with Crippen LogP contribution >= 0.6 is 34.7 Å². The van der Waals surface area contributed by atoms with E-state index in [1.807, 2.05) is 30.3 Å². The van der Waals surface area contributed by atoms with E-state index in [9.17, 15) is 4.79 Å². The number of aromatic nitrogens is 2. The number of benzene rings is 2. The molecule has 2 heterocycles. The zero-order chi connectivity index (χ0) is 21.3. The molecule has 0 N–H and O–H groups in total. The van der Waals surface area contributed by atoms with Crippen molar-refractivity contribution in [2.75, 3.05) is 20.4 Å². The summed E-state index contributed by atoms with van der Waals surface area (Å²) in [5.74, 6) is -0.147. The molecule has 0 aliphatic rings. The summed E-state index contributed by atoms with van der Waals surface area (Å²) < 4.78 is 1.76. The van der Waals surface area contributed by atoms with Gasteiger partial charge in [-0.25, -0.2) is 4.68 Å². The lowest BCUT2D eigenvalue weighted by atomic mass is 10.2. The number of hydrogen-bond donors (Lipinski definition) is 0. The molecule has 0 unspecified atom stereocenters. The van der Waals surface area contributed by atoms with Crippen LogP contribution in [0.2, 0.25) is 5.02 Å². The summed E-state index contributed by atoms with van der Waals surface area (Å²) in [6.45, 7) is 0. The first-order valence-corrected chi connectivity index (χ1v) is 11.7. The number of nitrogens with zero attached hydrogens (tertiary/aromatic N) is 3. The van der Waals surface area contributed by atoms with Crippen molar-refractivity contribution >= 4 is 40.6 Å². The molecule has 0 saturated heterocycles. The standard InChI is InChI=1S/C23H20ClN3OS2/c1-26(2)23(28)18-14-20(27(25-18)19-10-5-4-9-17(19)24)22-12-11-21(30-22)15-7-6-8-16(13-15)29-3/h4-14H,1-3H3. The second-order valence-corrected chi connectivity index (χ2v) is 9.24. The lowest BCUT2D eigenvalue weighted by molar-refractivity contribution is 0.0821. The zero-order valence-electron chi connectivity index (χ0n) is 16.8. The molecule has 0 aliphatic heterocycles. The lowest BCUT2D eigenvalue weighted by Crippen LogP contribution is -2.22. The van der Waals surface area contributed by atoms with Gasteiger partial charge in [-0.2, -0.15) is 5.10 Å². The van der Waals surface area contributed by atoms with Crippen molar-refractivity contribution in [3.8, 4) is 26.7 Å². The fourth-order valence-corrected chi connectivity index (χ4v) is 4.78. The van der Waals surface area contributed by atoms with Crippen molar-refractivity contribution in [2.24, 2.45) is 0 Å². The van der Waals surface area contributed by atoms with Crippen molar-refractivity contribution in [3.63, 3.8) is 0 Å². The second-order valence-electron chi connectivity index (χ2n) is 6.87. The summed E-state index contributed by atoms with van der Waals surface area (Å²) in [6, 6.07) is 22.0. The highest BCUT2D eigenvalue weighted by Gasteiger charge is 2.20. The lowest BCUT2D eigenvalue weighted by Gasteiger charge is -2.08. The van der Waals surface area contributed by atoms with Crippen LogP contribution in [0, 0.1) is 0 Å². The molecule has 2 aromatic heterocycles. The third-order valence-corrected chi connectivity index (χ3v) is 6.83. The van der Waals surface area contributed by atoms with Crippen LogP contribution in [0.15, 0.2) is 71.6 Å². The average Bonchev–Trinajstić information content (AvgIpc) is 3.41. The Labute approximate surface area is 189 Å². The molecule has 0 spiro atoms. The number of rotatable bonds is 5. The monoisotopic (exact) mass is 453 g/mol. The first-order valence-electron chi connectivity index (χ1n) is 9.29. The molecule has 0 aliphatic carbocycles. The molecule has 0 atom stereocenters. The SMILES string of the molecule is CSc1cccc(-c2ccc(-c3cc(C(=O)N(C)C)nn3-c3ccccc3Cl)s2)c1. The van der Waals surface area contributed by atoms with E-state index in [4.69, 9.17) is 11.6 Å². The molecule has 4 nitrogen and oxygen atoms in total. The van der Waals surface area contributed by atoms with Gasteiger partial charge >= 0.3 is 0 Å². The first kappa shape index (κ1) is 20.7. The molecule has 0 saturated carbocycles. The van der Waals surface area contributed by atoms with E-state index in [0.29, 0.717) is 10.7 Å². The Kier molecular flexibility index (Phi) is 5.99. The average molecular weight is 454 g/mol. The van der Waals surface area contributed by atoms with Crippen LogP contribution in [0.3, 0.4) is 0 Å². The second kappa shape index (κ2) is 8.68. The smallest absolute Gasteiger partial charge is 0.273 e. The summed E-state index contributed by atoms with van der Waals surface area (Å²) in [5, 5.41) is 5.17. The minimum absolute atomic E-state index is 0.147. The maximum absolute atomic E-state index is 12.6. The predicted octanol–water partition coefficient (Wildman–Crippen LogP) is 6.34. The van der Waals surface area contributed by atoms with Crippen molar-refractivity contribution in [3.05, 3.63) is 77.4 Å². The van der Waals surface area contributed by atoms with Crippen LogP contribution in [0.5, 0.6) is 0 Å². The van der Waals surface area contributed by atoms with Gasteiger partial charge in [0.25, 0.3) is 5.91 Å². The molecule has 0 fully saturated rings. The van der Waals surface area contributed by atoms with Crippen molar-refractivity contribution in [2.45, 2.75) is 4.90 Å². The number of halogens is 1. The van der Waals surface area contributed by atoms with E-state index in [-0.39, 0.29) is 5.91 Å². The molecule has 4 aromatic rings. The van der Waals surface area contributed by atoms with Crippen LogP contribution in [-0.4, -0.2) is 40.9 Å². The Morgan fingerprint density at radius 3 is 2.53 bits per heavy atom. The van der Waals surface area contributed by atoms with Gasteiger partial charge in [0, 0.05) is 23.9 Å². The summed E-state index contributed by atoms with van der Waals surface area (Å²) in [4.78, 5) is 17.5. The number of carbonyl (C=O) groups is 1. The predicted molar refractivity (Wildman–Crippen MR) is 127 cm³/mol. The normalized spacial score (nSPS) is 10.9.